The molecular weight excluding hydrogens is 210 g/mol. The number of hydrogen-bond donors (Lipinski definition) is 1. The zero-order valence-corrected chi connectivity index (χ0v) is 9.67. The van der Waals surface area contributed by atoms with Crippen molar-refractivity contribution in [2.24, 2.45) is 5.92 Å². The standard InChI is InChI=1S/C11H16ClN3/c1-2-9(7-8-3-4-8)15-11-10(12)13-5-6-14-11/h5-6,8-9H,2-4,7H2,1H3,(H,14,15). The summed E-state index contributed by atoms with van der Waals surface area (Å²) in [5.41, 5.74) is 0. The van der Waals surface area contributed by atoms with E-state index in [-0.39, 0.29) is 0 Å². The minimum atomic E-state index is 0.465. The number of aromatic nitrogens is 2. The van der Waals surface area contributed by atoms with Crippen LogP contribution in [0.1, 0.15) is 32.6 Å². The Balaban J connectivity index is 1.95. The summed E-state index contributed by atoms with van der Waals surface area (Å²) in [5.74, 6) is 1.63. The molecule has 82 valence electrons. The van der Waals surface area contributed by atoms with Gasteiger partial charge in [0.25, 0.3) is 0 Å². The van der Waals surface area contributed by atoms with Crippen molar-refractivity contribution in [3.05, 3.63) is 17.5 Å². The molecule has 1 aromatic rings. The summed E-state index contributed by atoms with van der Waals surface area (Å²) in [5, 5.41) is 3.83. The minimum Gasteiger partial charge on any atom is -0.365 e. The Morgan fingerprint density at radius 3 is 2.80 bits per heavy atom. The van der Waals surface area contributed by atoms with Gasteiger partial charge >= 0.3 is 0 Å². The molecule has 1 N–H and O–H groups in total. The molecule has 1 aromatic heterocycles. The molecule has 3 nitrogen and oxygen atoms in total. The van der Waals surface area contributed by atoms with E-state index in [1.165, 1.54) is 19.3 Å². The Morgan fingerprint density at radius 1 is 1.47 bits per heavy atom. The van der Waals surface area contributed by atoms with Crippen LogP contribution in [-0.2, 0) is 0 Å². The average molecular weight is 226 g/mol. The number of anilines is 1. The molecule has 0 saturated heterocycles. The van der Waals surface area contributed by atoms with E-state index in [4.69, 9.17) is 11.6 Å². The second-order valence-corrected chi connectivity index (χ2v) is 4.48. The molecule has 0 amide bonds. The zero-order valence-electron chi connectivity index (χ0n) is 8.91. The number of nitrogens with one attached hydrogen (secondary N) is 1. The summed E-state index contributed by atoms with van der Waals surface area (Å²) in [4.78, 5) is 8.19. The number of hydrogen-bond acceptors (Lipinski definition) is 3. The summed E-state index contributed by atoms with van der Waals surface area (Å²) < 4.78 is 0. The first-order valence-corrected chi connectivity index (χ1v) is 5.90. The highest BCUT2D eigenvalue weighted by Crippen LogP contribution is 2.34. The second-order valence-electron chi connectivity index (χ2n) is 4.12. The highest BCUT2D eigenvalue weighted by molar-refractivity contribution is 6.31. The summed E-state index contributed by atoms with van der Waals surface area (Å²) in [6.07, 6.45) is 8.36. The molecule has 1 fully saturated rings. The van der Waals surface area contributed by atoms with Gasteiger partial charge in [0.2, 0.25) is 0 Å². The summed E-state index contributed by atoms with van der Waals surface area (Å²) in [6.45, 7) is 2.18. The Bertz CT molecular complexity index is 325. The van der Waals surface area contributed by atoms with Crippen molar-refractivity contribution in [2.45, 2.75) is 38.6 Å². The lowest BCUT2D eigenvalue weighted by molar-refractivity contribution is 0.585. The molecule has 0 radical (unpaired) electrons. The molecule has 0 bridgehead atoms. The molecule has 0 aliphatic heterocycles. The number of rotatable bonds is 5. The fourth-order valence-corrected chi connectivity index (χ4v) is 1.85. The lowest BCUT2D eigenvalue weighted by Crippen LogP contribution is -2.20. The van der Waals surface area contributed by atoms with Crippen LogP contribution in [0, 0.1) is 5.92 Å². The van der Waals surface area contributed by atoms with Gasteiger partial charge in [-0.3, -0.25) is 0 Å². The quantitative estimate of drug-likeness (QED) is 0.837. The van der Waals surface area contributed by atoms with E-state index in [0.717, 1.165) is 12.3 Å². The van der Waals surface area contributed by atoms with Crippen LogP contribution in [0.5, 0.6) is 0 Å². The van der Waals surface area contributed by atoms with Crippen LogP contribution in [-0.4, -0.2) is 16.0 Å². The molecule has 0 spiro atoms. The molecule has 15 heavy (non-hydrogen) atoms. The zero-order chi connectivity index (χ0) is 10.7. The Hall–Kier alpha value is -0.830. The largest absolute Gasteiger partial charge is 0.365 e. The Kier molecular flexibility index (Phi) is 3.41. The monoisotopic (exact) mass is 225 g/mol. The lowest BCUT2D eigenvalue weighted by atomic mass is 10.1. The summed E-state index contributed by atoms with van der Waals surface area (Å²) in [6, 6.07) is 0.478. The Morgan fingerprint density at radius 2 is 2.20 bits per heavy atom. The molecule has 1 aliphatic carbocycles. The van der Waals surface area contributed by atoms with Gasteiger partial charge in [-0.15, -0.1) is 0 Å². The minimum absolute atomic E-state index is 0.465. The van der Waals surface area contributed by atoms with Crippen molar-refractivity contribution in [1.29, 1.82) is 0 Å². The third kappa shape index (κ3) is 3.06. The summed E-state index contributed by atoms with van der Waals surface area (Å²) in [7, 11) is 0. The van der Waals surface area contributed by atoms with Crippen LogP contribution in [0.25, 0.3) is 0 Å². The predicted octanol–water partition coefficient (Wildman–Crippen LogP) is 3.12. The molecule has 1 aliphatic rings. The first-order valence-electron chi connectivity index (χ1n) is 5.52. The predicted molar refractivity (Wildman–Crippen MR) is 62.1 cm³/mol. The van der Waals surface area contributed by atoms with Crippen molar-refractivity contribution in [3.63, 3.8) is 0 Å². The van der Waals surface area contributed by atoms with Gasteiger partial charge in [0.05, 0.1) is 0 Å². The molecule has 1 atom stereocenters. The van der Waals surface area contributed by atoms with Gasteiger partial charge in [-0.25, -0.2) is 9.97 Å². The number of halogens is 1. The first-order chi connectivity index (χ1) is 7.29. The maximum absolute atomic E-state index is 5.94. The maximum Gasteiger partial charge on any atom is 0.171 e. The van der Waals surface area contributed by atoms with E-state index >= 15 is 0 Å². The van der Waals surface area contributed by atoms with Crippen LogP contribution in [0.4, 0.5) is 5.82 Å². The van der Waals surface area contributed by atoms with E-state index in [0.29, 0.717) is 17.0 Å². The number of nitrogens with zero attached hydrogens (tertiary/aromatic N) is 2. The van der Waals surface area contributed by atoms with Gasteiger partial charge in [0, 0.05) is 18.4 Å². The van der Waals surface area contributed by atoms with Gasteiger partial charge in [-0.2, -0.15) is 0 Å². The normalized spacial score (nSPS) is 17.5. The van der Waals surface area contributed by atoms with Crippen LogP contribution < -0.4 is 5.32 Å². The van der Waals surface area contributed by atoms with Gasteiger partial charge < -0.3 is 5.32 Å². The molecule has 0 aromatic carbocycles. The highest BCUT2D eigenvalue weighted by Gasteiger charge is 2.25. The fourth-order valence-electron chi connectivity index (χ4n) is 1.69. The fraction of sp³-hybridized carbons (Fsp3) is 0.636. The molecule has 2 rings (SSSR count). The highest BCUT2D eigenvalue weighted by atomic mass is 35.5. The molecular formula is C11H16ClN3. The molecule has 4 heteroatoms. The average Bonchev–Trinajstić information content (AvgIpc) is 3.04. The van der Waals surface area contributed by atoms with Gasteiger partial charge in [0.1, 0.15) is 0 Å². The molecule has 1 saturated carbocycles. The molecule has 1 unspecified atom stereocenters. The van der Waals surface area contributed by atoms with Gasteiger partial charge in [-0.05, 0) is 18.8 Å². The first kappa shape index (κ1) is 10.7. The third-order valence-corrected chi connectivity index (χ3v) is 3.08. The van der Waals surface area contributed by atoms with Crippen LogP contribution in [0.3, 0.4) is 0 Å². The van der Waals surface area contributed by atoms with E-state index in [1.807, 2.05) is 0 Å². The third-order valence-electron chi connectivity index (χ3n) is 2.80. The van der Waals surface area contributed by atoms with Crippen LogP contribution in [0.2, 0.25) is 5.15 Å². The summed E-state index contributed by atoms with van der Waals surface area (Å²) >= 11 is 5.94. The van der Waals surface area contributed by atoms with Crippen molar-refractivity contribution in [3.8, 4) is 0 Å². The van der Waals surface area contributed by atoms with Crippen molar-refractivity contribution in [2.75, 3.05) is 5.32 Å². The van der Waals surface area contributed by atoms with Gasteiger partial charge in [-0.1, -0.05) is 31.4 Å². The van der Waals surface area contributed by atoms with E-state index < -0.39 is 0 Å². The second kappa shape index (κ2) is 4.79. The smallest absolute Gasteiger partial charge is 0.171 e. The van der Waals surface area contributed by atoms with Crippen molar-refractivity contribution >= 4 is 17.4 Å². The Labute approximate surface area is 95.3 Å². The van der Waals surface area contributed by atoms with Crippen LogP contribution >= 0.6 is 11.6 Å². The maximum atomic E-state index is 5.94. The SMILES string of the molecule is CCC(CC1CC1)Nc1nccnc1Cl. The van der Waals surface area contributed by atoms with E-state index in [9.17, 15) is 0 Å². The van der Waals surface area contributed by atoms with E-state index in [2.05, 4.69) is 22.2 Å². The topological polar surface area (TPSA) is 37.8 Å². The van der Waals surface area contributed by atoms with Gasteiger partial charge in [0.15, 0.2) is 11.0 Å². The lowest BCUT2D eigenvalue weighted by Gasteiger charge is -2.17. The van der Waals surface area contributed by atoms with Crippen LogP contribution in [0.15, 0.2) is 12.4 Å². The van der Waals surface area contributed by atoms with Crippen molar-refractivity contribution in [1.82, 2.24) is 9.97 Å². The molecule has 1 heterocycles. The van der Waals surface area contributed by atoms with E-state index in [1.54, 1.807) is 12.4 Å². The van der Waals surface area contributed by atoms with Crippen molar-refractivity contribution < 1.29 is 0 Å².